The molecule has 268 valence electrons. The van der Waals surface area contributed by atoms with Crippen LogP contribution < -0.4 is 19.4 Å². The van der Waals surface area contributed by atoms with E-state index in [1.165, 1.54) is 0 Å². The molecular formula is C30H40N12O8. The second kappa shape index (κ2) is 16.2. The molecule has 0 radical (unpaired) electrons. The van der Waals surface area contributed by atoms with Crippen LogP contribution in [0.3, 0.4) is 0 Å². The van der Waals surface area contributed by atoms with Gasteiger partial charge in [0.2, 0.25) is 0 Å². The molecule has 1 aliphatic carbocycles. The molecule has 50 heavy (non-hydrogen) atoms. The Morgan fingerprint density at radius 3 is 1.20 bits per heavy atom. The van der Waals surface area contributed by atoms with Crippen molar-refractivity contribution in [2.24, 2.45) is 5.92 Å². The van der Waals surface area contributed by atoms with Crippen molar-refractivity contribution in [2.75, 3.05) is 0 Å². The van der Waals surface area contributed by atoms with Gasteiger partial charge < -0.3 is 19.4 Å². The number of rotatable bonds is 18. The largest absolute Gasteiger partial charge is 0.335 e. The summed E-state index contributed by atoms with van der Waals surface area (Å²) in [6.45, 7) is 8.69. The first kappa shape index (κ1) is 35.7. The fourth-order valence-corrected chi connectivity index (χ4v) is 4.78. The highest BCUT2D eigenvalue weighted by atomic mass is 16.7. The summed E-state index contributed by atoms with van der Waals surface area (Å²) < 4.78 is 0. The van der Waals surface area contributed by atoms with Gasteiger partial charge in [-0.05, 0) is 113 Å². The van der Waals surface area contributed by atoms with E-state index in [9.17, 15) is 19.2 Å². The zero-order chi connectivity index (χ0) is 35.8. The van der Waals surface area contributed by atoms with E-state index in [0.29, 0.717) is 96.4 Å². The van der Waals surface area contributed by atoms with E-state index in [2.05, 4.69) is 41.2 Å². The monoisotopic (exact) mass is 696 g/mol. The predicted octanol–water partition coefficient (Wildman–Crippen LogP) is 0.284. The van der Waals surface area contributed by atoms with Crippen molar-refractivity contribution in [3.05, 3.63) is 45.6 Å². The smallest absolute Gasteiger partial charge is 0.318 e. The lowest BCUT2D eigenvalue weighted by Crippen LogP contribution is -2.23. The van der Waals surface area contributed by atoms with Gasteiger partial charge in [0.05, 0.1) is 29.2 Å². The summed E-state index contributed by atoms with van der Waals surface area (Å²) in [7, 11) is 0. The zero-order valence-electron chi connectivity index (χ0n) is 28.7. The average molecular weight is 697 g/mol. The summed E-state index contributed by atoms with van der Waals surface area (Å²) in [6, 6.07) is 0. The van der Waals surface area contributed by atoms with Crippen LogP contribution in [0.25, 0.3) is 0 Å². The Kier molecular flexibility index (Phi) is 11.6. The van der Waals surface area contributed by atoms with Crippen molar-refractivity contribution >= 4 is 23.9 Å². The highest BCUT2D eigenvalue weighted by Gasteiger charge is 2.26. The van der Waals surface area contributed by atoms with Crippen molar-refractivity contribution in [2.45, 2.75) is 112 Å². The molecule has 4 aromatic rings. The number of hydrogen-bond donors (Lipinski definition) is 0. The molecule has 0 aliphatic heterocycles. The lowest BCUT2D eigenvalue weighted by atomic mass is 10.1. The van der Waals surface area contributed by atoms with Crippen molar-refractivity contribution < 1.29 is 38.5 Å². The zero-order valence-corrected chi connectivity index (χ0v) is 28.7. The second-order valence-electron chi connectivity index (χ2n) is 12.2. The van der Waals surface area contributed by atoms with E-state index in [1.54, 1.807) is 34.6 Å². The van der Waals surface area contributed by atoms with Crippen LogP contribution in [0.15, 0.2) is 0 Å². The summed E-state index contributed by atoms with van der Waals surface area (Å²) in [5.41, 5.74) is 4.78. The van der Waals surface area contributed by atoms with Gasteiger partial charge in [-0.15, -0.1) is 20.4 Å². The number of hydrogen-bond acceptors (Lipinski definition) is 16. The Labute approximate surface area is 286 Å². The summed E-state index contributed by atoms with van der Waals surface area (Å²) in [5, 5.41) is 31.5. The van der Waals surface area contributed by atoms with Crippen LogP contribution in [0.5, 0.6) is 0 Å². The summed E-state index contributed by atoms with van der Waals surface area (Å²) in [5.74, 6) is -1.42. The number of nitrogens with zero attached hydrogens (tertiary/aromatic N) is 12. The van der Waals surface area contributed by atoms with Crippen LogP contribution in [0.4, 0.5) is 0 Å². The van der Waals surface area contributed by atoms with Gasteiger partial charge in [0, 0.05) is 19.3 Å². The van der Waals surface area contributed by atoms with E-state index in [0.717, 1.165) is 32.2 Å². The first-order valence-electron chi connectivity index (χ1n) is 16.5. The van der Waals surface area contributed by atoms with E-state index in [4.69, 9.17) is 19.4 Å². The van der Waals surface area contributed by atoms with E-state index in [-0.39, 0.29) is 25.2 Å². The molecule has 20 heteroatoms. The van der Waals surface area contributed by atoms with Crippen molar-refractivity contribution in [1.29, 1.82) is 0 Å². The van der Waals surface area contributed by atoms with Gasteiger partial charge in [0.15, 0.2) is 0 Å². The van der Waals surface area contributed by atoms with Crippen LogP contribution in [0, 0.1) is 40.5 Å². The molecule has 0 atom stereocenters. The molecule has 20 nitrogen and oxygen atoms in total. The fraction of sp³-hybridized carbons (Fsp3) is 0.600. The van der Waals surface area contributed by atoms with Crippen LogP contribution >= 0.6 is 0 Å². The van der Waals surface area contributed by atoms with Crippen molar-refractivity contribution in [3.8, 4) is 0 Å². The minimum Gasteiger partial charge on any atom is -0.318 e. The van der Waals surface area contributed by atoms with Gasteiger partial charge in [0.1, 0.15) is 22.8 Å². The lowest BCUT2D eigenvalue weighted by Gasteiger charge is -2.06. The van der Waals surface area contributed by atoms with Crippen molar-refractivity contribution in [1.82, 2.24) is 60.6 Å². The highest BCUT2D eigenvalue weighted by Crippen LogP contribution is 2.32. The Bertz CT molecular complexity index is 1840. The summed E-state index contributed by atoms with van der Waals surface area (Å²) in [6.07, 6.45) is 5.28. The molecule has 1 fully saturated rings. The SMILES string of the molecule is Cc1nnn(OC(=O)CCCc2nnn(OC(=O)CCCc3nnn(OC(=O)CCCc4nnn(OC(=O)CC5CC5)c4C)c3C)c2C)c1C. The molecular weight excluding hydrogens is 656 g/mol. The molecule has 0 N–H and O–H groups in total. The minimum absolute atomic E-state index is 0.0670. The summed E-state index contributed by atoms with van der Waals surface area (Å²) >= 11 is 0. The Balaban J connectivity index is 0.977. The standard InChI is InChI=1S/C30H40N12O8/c1-18-19(2)39(35-31-18)47-27(43)12-6-9-24-20(3)40(36-32-24)48-28(44)13-7-10-25-21(4)41(37-33-25)49-29(45)14-8-11-26-22(5)42(38-34-26)50-30(46)17-23-15-16-23/h23H,6-17H2,1-5H3. The average Bonchev–Trinajstić information content (AvgIpc) is 3.47. The Morgan fingerprint density at radius 1 is 0.520 bits per heavy atom. The normalized spacial score (nSPS) is 12.6. The predicted molar refractivity (Wildman–Crippen MR) is 166 cm³/mol. The molecule has 0 unspecified atom stereocenters. The van der Waals surface area contributed by atoms with Gasteiger partial charge in [-0.25, -0.2) is 19.2 Å². The van der Waals surface area contributed by atoms with E-state index >= 15 is 0 Å². The first-order valence-corrected chi connectivity index (χ1v) is 16.5. The number of carbonyl (C=O) groups is 4. The minimum atomic E-state index is -0.519. The van der Waals surface area contributed by atoms with Gasteiger partial charge in [-0.1, -0.05) is 19.4 Å². The number of carbonyl (C=O) groups excluding carboxylic acids is 4. The Morgan fingerprint density at radius 2 is 0.860 bits per heavy atom. The number of aromatic nitrogens is 12. The summed E-state index contributed by atoms with van der Waals surface area (Å²) in [4.78, 5) is 74.5. The molecule has 4 heterocycles. The van der Waals surface area contributed by atoms with Gasteiger partial charge in [-0.2, -0.15) is 0 Å². The lowest BCUT2D eigenvalue weighted by molar-refractivity contribution is -0.147. The molecule has 4 aromatic heterocycles. The van der Waals surface area contributed by atoms with Crippen LogP contribution in [0.2, 0.25) is 0 Å². The van der Waals surface area contributed by atoms with Gasteiger partial charge in [-0.3, -0.25) is 0 Å². The maximum atomic E-state index is 12.5. The molecule has 0 spiro atoms. The maximum Gasteiger partial charge on any atom is 0.335 e. The topological polar surface area (TPSA) is 228 Å². The van der Waals surface area contributed by atoms with E-state index in [1.807, 2.05) is 0 Å². The van der Waals surface area contributed by atoms with Crippen LogP contribution in [-0.2, 0) is 38.4 Å². The quantitative estimate of drug-likeness (QED) is 0.127. The molecule has 5 rings (SSSR count). The second-order valence-corrected chi connectivity index (χ2v) is 12.2. The van der Waals surface area contributed by atoms with Crippen LogP contribution in [-0.4, -0.2) is 84.5 Å². The first-order chi connectivity index (χ1) is 24.0. The Hall–Kier alpha value is -5.56. The van der Waals surface area contributed by atoms with Crippen LogP contribution in [0.1, 0.15) is 103 Å². The third-order valence-electron chi connectivity index (χ3n) is 8.23. The fourth-order valence-electron chi connectivity index (χ4n) is 4.78. The third kappa shape index (κ3) is 9.53. The van der Waals surface area contributed by atoms with E-state index < -0.39 is 17.9 Å². The van der Waals surface area contributed by atoms with Gasteiger partial charge >= 0.3 is 23.9 Å². The molecule has 0 saturated heterocycles. The molecule has 0 aromatic carbocycles. The number of aryl methyl sites for hydroxylation is 4. The highest BCUT2D eigenvalue weighted by molar-refractivity contribution is 5.71. The maximum absolute atomic E-state index is 12.5. The molecule has 1 aliphatic rings. The molecule has 0 amide bonds. The molecule has 1 saturated carbocycles. The van der Waals surface area contributed by atoms with Gasteiger partial charge in [0.25, 0.3) is 0 Å². The third-order valence-corrected chi connectivity index (χ3v) is 8.23. The molecule has 0 bridgehead atoms. The van der Waals surface area contributed by atoms with Crippen molar-refractivity contribution in [3.63, 3.8) is 0 Å².